The van der Waals surface area contributed by atoms with Crippen molar-refractivity contribution in [1.82, 2.24) is 4.90 Å². The monoisotopic (exact) mass is 496 g/mol. The lowest BCUT2D eigenvalue weighted by molar-refractivity contribution is -0.226. The van der Waals surface area contributed by atoms with Gasteiger partial charge in [0.05, 0.1) is 17.4 Å². The number of amides is 2. The first kappa shape index (κ1) is 25.1. The van der Waals surface area contributed by atoms with Gasteiger partial charge >= 0.3 is 5.97 Å². The van der Waals surface area contributed by atoms with Crippen molar-refractivity contribution in [2.24, 2.45) is 16.7 Å². The molecule has 5 rings (SSSR count). The number of carbonyl (C=O) groups is 4. The Morgan fingerprint density at radius 2 is 1.89 bits per heavy atom. The van der Waals surface area contributed by atoms with Crippen LogP contribution in [0.2, 0.25) is 0 Å². The maximum atomic E-state index is 13.4. The first-order chi connectivity index (χ1) is 17.3. The number of rotatable bonds is 6. The Kier molecular flexibility index (Phi) is 6.53. The molecule has 0 aromatic heterocycles. The van der Waals surface area contributed by atoms with Gasteiger partial charge in [-0.25, -0.2) is 9.69 Å². The average Bonchev–Trinajstić information content (AvgIpc) is 3.13. The van der Waals surface area contributed by atoms with E-state index in [-0.39, 0.29) is 59.1 Å². The first-order valence-electron chi connectivity index (χ1n) is 13.2. The highest BCUT2D eigenvalue weighted by Crippen LogP contribution is 2.59. The van der Waals surface area contributed by atoms with Crippen LogP contribution in [-0.4, -0.2) is 67.4 Å². The average molecular weight is 497 g/mol. The van der Waals surface area contributed by atoms with Crippen LogP contribution in [0.1, 0.15) is 69.2 Å². The van der Waals surface area contributed by atoms with Gasteiger partial charge in [-0.3, -0.25) is 19.3 Å². The molecule has 194 valence electrons. The highest BCUT2D eigenvalue weighted by molar-refractivity contribution is 6.22. The van der Waals surface area contributed by atoms with E-state index in [1.54, 1.807) is 38.3 Å². The molecule has 1 aromatic rings. The van der Waals surface area contributed by atoms with Crippen LogP contribution in [0, 0.1) is 16.7 Å². The Balaban J connectivity index is 1.42. The summed E-state index contributed by atoms with van der Waals surface area (Å²) in [5.74, 6) is -1.22. The fourth-order valence-corrected chi connectivity index (χ4v) is 7.64. The third-order valence-electron chi connectivity index (χ3n) is 9.18. The summed E-state index contributed by atoms with van der Waals surface area (Å²) in [5.41, 5.74) is 0.00315. The van der Waals surface area contributed by atoms with E-state index in [0.29, 0.717) is 25.2 Å². The molecule has 2 bridgehead atoms. The van der Waals surface area contributed by atoms with Crippen molar-refractivity contribution in [3.63, 3.8) is 0 Å². The number of nitrogens with zero attached hydrogens (tertiary/aromatic N) is 2. The standard InChI is InChI=1S/C28H36N2O6/c1-4-29-16-27(11-7-12-28(26(27)35-3)13-10-19(31)15-22(28)29)17-36-25(34)20-8-5-6-9-21(20)30-23(32)14-18(2)24(30)33/h5-6,8-9,18,22,26H,4,7,10-17H2,1-3H3/t18?,22-,26-,27?,28?/m1/s1. The number of esters is 1. The molecule has 0 radical (unpaired) electrons. The number of imide groups is 1. The van der Waals surface area contributed by atoms with Crippen molar-refractivity contribution >= 4 is 29.3 Å². The zero-order valence-corrected chi connectivity index (χ0v) is 21.5. The summed E-state index contributed by atoms with van der Waals surface area (Å²) >= 11 is 0. The van der Waals surface area contributed by atoms with E-state index < -0.39 is 11.9 Å². The highest BCUT2D eigenvalue weighted by atomic mass is 16.5. The zero-order valence-electron chi connectivity index (χ0n) is 21.5. The van der Waals surface area contributed by atoms with Crippen LogP contribution in [0.4, 0.5) is 5.69 Å². The van der Waals surface area contributed by atoms with Crippen molar-refractivity contribution in [2.45, 2.75) is 70.9 Å². The lowest BCUT2D eigenvalue weighted by atomic mass is 9.50. The quantitative estimate of drug-likeness (QED) is 0.440. The van der Waals surface area contributed by atoms with Crippen LogP contribution in [0.25, 0.3) is 0 Å². The van der Waals surface area contributed by atoms with E-state index in [1.165, 1.54) is 0 Å². The molecular weight excluding hydrogens is 460 g/mol. The minimum absolute atomic E-state index is 0.106. The second-order valence-corrected chi connectivity index (χ2v) is 11.2. The fourth-order valence-electron chi connectivity index (χ4n) is 7.64. The smallest absolute Gasteiger partial charge is 0.340 e. The lowest BCUT2D eigenvalue weighted by Gasteiger charge is -2.65. The Morgan fingerprint density at radius 3 is 2.58 bits per heavy atom. The Hall–Kier alpha value is -2.58. The van der Waals surface area contributed by atoms with Gasteiger partial charge in [0, 0.05) is 55.7 Å². The maximum Gasteiger partial charge on any atom is 0.340 e. The Morgan fingerprint density at radius 1 is 1.11 bits per heavy atom. The van der Waals surface area contributed by atoms with Crippen molar-refractivity contribution in [3.8, 4) is 0 Å². The fraction of sp³-hybridized carbons (Fsp3) is 0.643. The van der Waals surface area contributed by atoms with Crippen molar-refractivity contribution in [3.05, 3.63) is 29.8 Å². The third-order valence-corrected chi connectivity index (χ3v) is 9.18. The van der Waals surface area contributed by atoms with E-state index in [2.05, 4.69) is 11.8 Å². The summed E-state index contributed by atoms with van der Waals surface area (Å²) in [6, 6.07) is 6.82. The lowest BCUT2D eigenvalue weighted by Crippen LogP contribution is -2.72. The van der Waals surface area contributed by atoms with Gasteiger partial charge < -0.3 is 9.47 Å². The number of hydrogen-bond donors (Lipinski definition) is 0. The summed E-state index contributed by atoms with van der Waals surface area (Å²) in [7, 11) is 1.74. The number of carbonyl (C=O) groups excluding carboxylic acids is 4. The van der Waals surface area contributed by atoms with Crippen LogP contribution in [0.5, 0.6) is 0 Å². The number of piperidine rings is 1. The number of hydrogen-bond acceptors (Lipinski definition) is 7. The summed E-state index contributed by atoms with van der Waals surface area (Å²) in [4.78, 5) is 54.5. The summed E-state index contributed by atoms with van der Waals surface area (Å²) < 4.78 is 12.2. The van der Waals surface area contributed by atoms with Gasteiger partial charge in [0.1, 0.15) is 12.4 Å². The van der Waals surface area contributed by atoms with E-state index in [0.717, 1.165) is 37.1 Å². The number of ether oxygens (including phenoxy) is 2. The molecular formula is C28H36N2O6. The number of para-hydroxylation sites is 1. The predicted molar refractivity (Wildman–Crippen MR) is 132 cm³/mol. The third kappa shape index (κ3) is 3.80. The molecule has 2 saturated carbocycles. The van der Waals surface area contributed by atoms with Crippen molar-refractivity contribution < 1.29 is 28.7 Å². The molecule has 0 N–H and O–H groups in total. The molecule has 4 fully saturated rings. The van der Waals surface area contributed by atoms with E-state index in [9.17, 15) is 19.2 Å². The minimum Gasteiger partial charge on any atom is -0.461 e. The van der Waals surface area contributed by atoms with Gasteiger partial charge in [0.15, 0.2) is 0 Å². The molecule has 5 atom stereocenters. The highest BCUT2D eigenvalue weighted by Gasteiger charge is 2.64. The Bertz CT molecular complexity index is 1090. The minimum atomic E-state index is -0.543. The molecule has 2 amide bonds. The number of Topliss-reactive ketones (excluding diaryl/α,β-unsaturated/α-hetero) is 1. The van der Waals surface area contributed by atoms with Gasteiger partial charge in [-0.05, 0) is 37.9 Å². The van der Waals surface area contributed by atoms with Crippen LogP contribution in [0.3, 0.4) is 0 Å². The van der Waals surface area contributed by atoms with E-state index in [1.807, 2.05) is 0 Å². The predicted octanol–water partition coefficient (Wildman–Crippen LogP) is 3.37. The molecule has 2 aliphatic heterocycles. The molecule has 8 heteroatoms. The molecule has 2 saturated heterocycles. The van der Waals surface area contributed by atoms with Gasteiger partial charge in [-0.1, -0.05) is 32.4 Å². The number of likely N-dealkylation sites (tertiary alicyclic amines) is 1. The second-order valence-electron chi connectivity index (χ2n) is 11.2. The van der Waals surface area contributed by atoms with Crippen molar-refractivity contribution in [2.75, 3.05) is 31.7 Å². The zero-order chi connectivity index (χ0) is 25.7. The number of fused-ring (bicyclic) bond motifs is 1. The number of anilines is 1. The summed E-state index contributed by atoms with van der Waals surface area (Å²) in [6.07, 6.45) is 4.87. The number of benzene rings is 1. The van der Waals surface area contributed by atoms with Crippen molar-refractivity contribution in [1.29, 1.82) is 0 Å². The van der Waals surface area contributed by atoms with Gasteiger partial charge in [0.25, 0.3) is 0 Å². The molecule has 3 unspecified atom stereocenters. The normalized spacial score (nSPS) is 34.6. The van der Waals surface area contributed by atoms with Crippen LogP contribution in [0.15, 0.2) is 24.3 Å². The maximum absolute atomic E-state index is 13.4. The number of ketones is 1. The van der Waals surface area contributed by atoms with E-state index in [4.69, 9.17) is 9.47 Å². The van der Waals surface area contributed by atoms with Crippen LogP contribution < -0.4 is 4.90 Å². The van der Waals surface area contributed by atoms with Gasteiger partial charge in [-0.15, -0.1) is 0 Å². The van der Waals surface area contributed by atoms with Crippen LogP contribution in [-0.2, 0) is 23.9 Å². The molecule has 2 aliphatic carbocycles. The summed E-state index contributed by atoms with van der Waals surface area (Å²) in [5, 5.41) is 0. The first-order valence-corrected chi connectivity index (χ1v) is 13.2. The number of methoxy groups -OCH3 is 1. The molecule has 1 spiro atoms. The Labute approximate surface area is 212 Å². The van der Waals surface area contributed by atoms with Gasteiger partial charge in [-0.2, -0.15) is 0 Å². The largest absolute Gasteiger partial charge is 0.461 e. The molecule has 2 heterocycles. The second kappa shape index (κ2) is 9.38. The molecule has 8 nitrogen and oxygen atoms in total. The van der Waals surface area contributed by atoms with Gasteiger partial charge in [0.2, 0.25) is 11.8 Å². The molecule has 1 aromatic carbocycles. The van der Waals surface area contributed by atoms with Crippen LogP contribution >= 0.6 is 0 Å². The summed E-state index contributed by atoms with van der Waals surface area (Å²) in [6.45, 7) is 5.56. The topological polar surface area (TPSA) is 93.2 Å². The SMILES string of the molecule is CCN1CC2(COC(=O)c3ccccc3N3C(=O)CC(C)C3=O)CCCC3(CCC(=O)C[C@@H]13)[C@@H]2OC. The molecule has 4 aliphatic rings. The molecule has 36 heavy (non-hydrogen) atoms. The van der Waals surface area contributed by atoms with E-state index >= 15 is 0 Å².